The largest absolute Gasteiger partial charge is 0.427 e. The number of nitrogens with one attached hydrogen (secondary N) is 1. The molecule has 0 aliphatic heterocycles. The van der Waals surface area contributed by atoms with Crippen molar-refractivity contribution in [3.05, 3.63) is 65.7 Å². The third kappa shape index (κ3) is 5.24. The molecular weight excluding hydrogens is 308 g/mol. The Bertz CT molecular complexity index is 729. The van der Waals surface area contributed by atoms with Gasteiger partial charge in [0.2, 0.25) is 5.91 Å². The molecular formula is C18H18N2O4. The lowest BCUT2D eigenvalue weighted by atomic mass is 10.2. The molecule has 0 radical (unpaired) electrons. The number of hydrogen-bond donors (Lipinski definition) is 2. The quantitative estimate of drug-likeness (QED) is 0.461. The Balaban J connectivity index is 1.73. The second kappa shape index (κ2) is 8.47. The monoisotopic (exact) mass is 326 g/mol. The number of carbonyl (C=O) groups excluding carboxylic acids is 3. The standard InChI is InChI=1S/C18H18N2O4/c19-17(22)14-8-4-9-15(12-14)24-16(21)10-5-11-20-18(23)13-6-2-1-3-7-13/h1-4,6-9,12H,5,10-11H2,(H2,19,22)(H,20,23). The molecule has 3 N–H and O–H groups in total. The molecule has 0 aromatic heterocycles. The number of amides is 2. The van der Waals surface area contributed by atoms with Gasteiger partial charge >= 0.3 is 5.97 Å². The van der Waals surface area contributed by atoms with Crippen LogP contribution in [0.5, 0.6) is 5.75 Å². The van der Waals surface area contributed by atoms with E-state index in [-0.39, 0.29) is 23.6 Å². The van der Waals surface area contributed by atoms with Crippen molar-refractivity contribution >= 4 is 17.8 Å². The van der Waals surface area contributed by atoms with E-state index in [2.05, 4.69) is 5.32 Å². The molecule has 6 nitrogen and oxygen atoms in total. The minimum atomic E-state index is -0.587. The lowest BCUT2D eigenvalue weighted by Gasteiger charge is -2.06. The van der Waals surface area contributed by atoms with E-state index in [1.165, 1.54) is 6.07 Å². The van der Waals surface area contributed by atoms with E-state index in [1.54, 1.807) is 42.5 Å². The Morgan fingerprint density at radius 1 is 0.958 bits per heavy atom. The minimum Gasteiger partial charge on any atom is -0.427 e. The van der Waals surface area contributed by atoms with Gasteiger partial charge in [-0.05, 0) is 36.8 Å². The number of ether oxygens (including phenoxy) is 1. The zero-order valence-electron chi connectivity index (χ0n) is 13.0. The molecule has 0 saturated carbocycles. The van der Waals surface area contributed by atoms with E-state index in [0.717, 1.165) is 0 Å². The summed E-state index contributed by atoms with van der Waals surface area (Å²) in [7, 11) is 0. The fraction of sp³-hybridized carbons (Fsp3) is 0.167. The van der Waals surface area contributed by atoms with Crippen molar-refractivity contribution < 1.29 is 19.1 Å². The van der Waals surface area contributed by atoms with E-state index >= 15 is 0 Å². The van der Waals surface area contributed by atoms with Gasteiger partial charge in [-0.2, -0.15) is 0 Å². The first kappa shape index (κ1) is 17.2. The number of esters is 1. The molecule has 0 bridgehead atoms. The van der Waals surface area contributed by atoms with Crippen molar-refractivity contribution in [2.45, 2.75) is 12.8 Å². The van der Waals surface area contributed by atoms with Crippen LogP contribution in [0.15, 0.2) is 54.6 Å². The van der Waals surface area contributed by atoms with Gasteiger partial charge in [0.25, 0.3) is 5.91 Å². The molecule has 0 fully saturated rings. The summed E-state index contributed by atoms with van der Waals surface area (Å²) in [5.74, 6) is -0.940. The normalized spacial score (nSPS) is 10.0. The summed E-state index contributed by atoms with van der Waals surface area (Å²) in [5, 5.41) is 2.73. The SMILES string of the molecule is NC(=O)c1cccc(OC(=O)CCCNC(=O)c2ccccc2)c1. The Morgan fingerprint density at radius 2 is 1.67 bits per heavy atom. The van der Waals surface area contributed by atoms with Crippen molar-refractivity contribution in [3.63, 3.8) is 0 Å². The molecule has 0 heterocycles. The van der Waals surface area contributed by atoms with Crippen LogP contribution in [0.2, 0.25) is 0 Å². The molecule has 2 amide bonds. The van der Waals surface area contributed by atoms with E-state index in [0.29, 0.717) is 18.5 Å². The lowest BCUT2D eigenvalue weighted by Crippen LogP contribution is -2.25. The lowest BCUT2D eigenvalue weighted by molar-refractivity contribution is -0.134. The van der Waals surface area contributed by atoms with E-state index in [4.69, 9.17) is 10.5 Å². The third-order valence-corrected chi connectivity index (χ3v) is 3.23. The van der Waals surface area contributed by atoms with Crippen molar-refractivity contribution in [2.75, 3.05) is 6.54 Å². The Hall–Kier alpha value is -3.15. The Kier molecular flexibility index (Phi) is 6.08. The molecule has 0 aliphatic carbocycles. The van der Waals surface area contributed by atoms with E-state index < -0.39 is 11.9 Å². The first-order valence-corrected chi connectivity index (χ1v) is 7.50. The molecule has 0 atom stereocenters. The molecule has 24 heavy (non-hydrogen) atoms. The van der Waals surface area contributed by atoms with Gasteiger partial charge in [-0.3, -0.25) is 14.4 Å². The highest BCUT2D eigenvalue weighted by atomic mass is 16.5. The van der Waals surface area contributed by atoms with Gasteiger partial charge in [-0.25, -0.2) is 0 Å². The van der Waals surface area contributed by atoms with Crippen LogP contribution >= 0.6 is 0 Å². The van der Waals surface area contributed by atoms with E-state index in [1.807, 2.05) is 6.07 Å². The zero-order valence-corrected chi connectivity index (χ0v) is 13.0. The fourth-order valence-corrected chi connectivity index (χ4v) is 2.02. The first-order valence-electron chi connectivity index (χ1n) is 7.50. The summed E-state index contributed by atoms with van der Waals surface area (Å²) >= 11 is 0. The molecule has 0 spiro atoms. The highest BCUT2D eigenvalue weighted by molar-refractivity contribution is 5.94. The second-order valence-corrected chi connectivity index (χ2v) is 5.09. The summed E-state index contributed by atoms with van der Waals surface area (Å²) in [5.41, 5.74) is 6.01. The predicted octanol–water partition coefficient (Wildman–Crippen LogP) is 1.90. The van der Waals surface area contributed by atoms with Crippen LogP contribution in [0.4, 0.5) is 0 Å². The van der Waals surface area contributed by atoms with Gasteiger partial charge in [-0.1, -0.05) is 24.3 Å². The number of primary amides is 1. The first-order chi connectivity index (χ1) is 11.6. The molecule has 2 rings (SSSR count). The van der Waals surface area contributed by atoms with Gasteiger partial charge < -0.3 is 15.8 Å². The summed E-state index contributed by atoms with van der Waals surface area (Å²) in [6.07, 6.45) is 0.600. The van der Waals surface area contributed by atoms with Gasteiger partial charge in [0.1, 0.15) is 5.75 Å². The van der Waals surface area contributed by atoms with Crippen molar-refractivity contribution in [2.24, 2.45) is 5.73 Å². The summed E-state index contributed by atoms with van der Waals surface area (Å²) in [4.78, 5) is 34.6. The van der Waals surface area contributed by atoms with Crippen LogP contribution in [0.1, 0.15) is 33.6 Å². The van der Waals surface area contributed by atoms with Crippen LogP contribution in [-0.4, -0.2) is 24.3 Å². The summed E-state index contributed by atoms with van der Waals surface area (Å²) < 4.78 is 5.14. The van der Waals surface area contributed by atoms with Gasteiger partial charge in [-0.15, -0.1) is 0 Å². The highest BCUT2D eigenvalue weighted by Gasteiger charge is 2.08. The molecule has 124 valence electrons. The molecule has 0 aliphatic rings. The topological polar surface area (TPSA) is 98.5 Å². The molecule has 0 saturated heterocycles. The maximum absolute atomic E-state index is 11.8. The maximum atomic E-state index is 11.8. The molecule has 2 aromatic rings. The van der Waals surface area contributed by atoms with Crippen molar-refractivity contribution in [1.29, 1.82) is 0 Å². The molecule has 2 aromatic carbocycles. The summed E-state index contributed by atoms with van der Waals surface area (Å²) in [6.45, 7) is 0.365. The Morgan fingerprint density at radius 3 is 2.38 bits per heavy atom. The second-order valence-electron chi connectivity index (χ2n) is 5.09. The van der Waals surface area contributed by atoms with Gasteiger partial charge in [0, 0.05) is 24.1 Å². The third-order valence-electron chi connectivity index (χ3n) is 3.23. The van der Waals surface area contributed by atoms with Crippen LogP contribution < -0.4 is 15.8 Å². The fourth-order valence-electron chi connectivity index (χ4n) is 2.02. The number of rotatable bonds is 7. The van der Waals surface area contributed by atoms with Crippen LogP contribution in [-0.2, 0) is 4.79 Å². The Labute approximate surface area is 139 Å². The zero-order chi connectivity index (χ0) is 17.4. The minimum absolute atomic E-state index is 0.149. The number of hydrogen-bond acceptors (Lipinski definition) is 4. The van der Waals surface area contributed by atoms with Gasteiger partial charge in [0.15, 0.2) is 0 Å². The number of benzene rings is 2. The molecule has 0 unspecified atom stereocenters. The summed E-state index contributed by atoms with van der Waals surface area (Å²) in [6, 6.07) is 14.9. The van der Waals surface area contributed by atoms with Crippen molar-refractivity contribution in [1.82, 2.24) is 5.32 Å². The average Bonchev–Trinajstić information content (AvgIpc) is 2.59. The van der Waals surface area contributed by atoms with Gasteiger partial charge in [0.05, 0.1) is 0 Å². The van der Waals surface area contributed by atoms with E-state index in [9.17, 15) is 14.4 Å². The highest BCUT2D eigenvalue weighted by Crippen LogP contribution is 2.13. The number of nitrogens with two attached hydrogens (primary N) is 1. The van der Waals surface area contributed by atoms with Crippen LogP contribution in [0.3, 0.4) is 0 Å². The maximum Gasteiger partial charge on any atom is 0.311 e. The van der Waals surface area contributed by atoms with Crippen molar-refractivity contribution in [3.8, 4) is 5.75 Å². The average molecular weight is 326 g/mol. The number of carbonyl (C=O) groups is 3. The van der Waals surface area contributed by atoms with Crippen LogP contribution in [0.25, 0.3) is 0 Å². The predicted molar refractivity (Wildman–Crippen MR) is 88.6 cm³/mol. The van der Waals surface area contributed by atoms with Crippen LogP contribution in [0, 0.1) is 0 Å². The molecule has 6 heteroatoms. The smallest absolute Gasteiger partial charge is 0.311 e.